The van der Waals surface area contributed by atoms with Gasteiger partial charge in [0.15, 0.2) is 11.9 Å². The molecular weight excluding hydrogens is 401 g/mol. The van der Waals surface area contributed by atoms with Crippen LogP contribution in [0, 0.1) is 5.92 Å². The summed E-state index contributed by atoms with van der Waals surface area (Å²) in [6, 6.07) is 6.88. The lowest BCUT2D eigenvalue weighted by molar-refractivity contribution is -0.142. The summed E-state index contributed by atoms with van der Waals surface area (Å²) in [4.78, 5) is 20.1. The highest BCUT2D eigenvalue weighted by Gasteiger charge is 2.54. The van der Waals surface area contributed by atoms with E-state index < -0.39 is 5.67 Å². The molecule has 1 amide bonds. The maximum Gasteiger partial charge on any atom is 0.260 e. The van der Waals surface area contributed by atoms with Crippen molar-refractivity contribution < 1.29 is 18.8 Å². The largest absolute Gasteiger partial charge is 0.377 e. The number of amides is 1. The summed E-state index contributed by atoms with van der Waals surface area (Å²) < 4.78 is 19.6. The number of rotatable bonds is 4. The van der Waals surface area contributed by atoms with E-state index in [0.717, 1.165) is 38.2 Å². The van der Waals surface area contributed by atoms with Gasteiger partial charge in [0.05, 0.1) is 31.1 Å². The smallest absolute Gasteiger partial charge is 0.260 e. The van der Waals surface area contributed by atoms with Crippen molar-refractivity contribution in [3.05, 3.63) is 29.3 Å². The molecule has 0 radical (unpaired) electrons. The number of alkyl halides is 1. The number of hydrogen-bond acceptors (Lipinski definition) is 7. The molecule has 4 atom stereocenters. The number of carbonyl (C=O) groups excluding carboxylic acids is 1. The SMILES string of the molecule is C[C@@H]1C[C@@H](C2NOC(c3ccc4c(c3)N(C3COC3)NC4)N2)CCN1C(=O)C1(F)CC1. The van der Waals surface area contributed by atoms with Gasteiger partial charge in [0.25, 0.3) is 5.91 Å². The molecular formula is C22H30FN5O3. The number of hydrogen-bond donors (Lipinski definition) is 3. The number of fused-ring (bicyclic) bond motifs is 1. The van der Waals surface area contributed by atoms with Crippen LogP contribution >= 0.6 is 0 Å². The molecule has 4 aliphatic heterocycles. The molecule has 5 aliphatic rings. The van der Waals surface area contributed by atoms with Crippen molar-refractivity contribution in [3.8, 4) is 0 Å². The van der Waals surface area contributed by atoms with Crippen LogP contribution in [0.25, 0.3) is 0 Å². The average Bonchev–Trinajstić information content (AvgIpc) is 3.14. The first-order chi connectivity index (χ1) is 15.0. The molecule has 8 nitrogen and oxygen atoms in total. The third kappa shape index (κ3) is 3.43. The Morgan fingerprint density at radius 2 is 2.13 bits per heavy atom. The third-order valence-corrected chi connectivity index (χ3v) is 7.46. The number of likely N-dealkylation sites (tertiary alicyclic amines) is 1. The summed E-state index contributed by atoms with van der Waals surface area (Å²) in [6.07, 6.45) is 2.18. The second kappa shape index (κ2) is 7.38. The molecule has 3 N–H and O–H groups in total. The van der Waals surface area contributed by atoms with E-state index >= 15 is 0 Å². The normalized spacial score (nSPS) is 34.5. The summed E-state index contributed by atoms with van der Waals surface area (Å²) in [5.74, 6) is 0.00613. The van der Waals surface area contributed by atoms with Crippen LogP contribution in [0.5, 0.6) is 0 Å². The minimum atomic E-state index is -1.58. The highest BCUT2D eigenvalue weighted by molar-refractivity contribution is 5.88. The van der Waals surface area contributed by atoms with Crippen LogP contribution in [0.2, 0.25) is 0 Å². The number of anilines is 1. The minimum Gasteiger partial charge on any atom is -0.377 e. The Labute approximate surface area is 181 Å². The van der Waals surface area contributed by atoms with E-state index in [1.807, 2.05) is 6.92 Å². The zero-order valence-electron chi connectivity index (χ0n) is 17.8. The van der Waals surface area contributed by atoms with Gasteiger partial charge in [-0.3, -0.25) is 14.9 Å². The molecule has 3 saturated heterocycles. The van der Waals surface area contributed by atoms with E-state index in [-0.39, 0.29) is 24.3 Å². The van der Waals surface area contributed by atoms with Crippen LogP contribution in [-0.4, -0.2) is 54.5 Å². The van der Waals surface area contributed by atoms with E-state index in [1.54, 1.807) is 4.90 Å². The van der Waals surface area contributed by atoms with Crippen LogP contribution in [0.1, 0.15) is 50.0 Å². The maximum atomic E-state index is 14.2. The number of benzene rings is 1. The Kier molecular flexibility index (Phi) is 4.73. The van der Waals surface area contributed by atoms with Crippen molar-refractivity contribution >= 4 is 11.6 Å². The Bertz CT molecular complexity index is 877. The fourth-order valence-electron chi connectivity index (χ4n) is 5.23. The lowest BCUT2D eigenvalue weighted by Crippen LogP contribution is -2.53. The third-order valence-electron chi connectivity index (χ3n) is 7.46. The first-order valence-electron chi connectivity index (χ1n) is 11.4. The highest BCUT2D eigenvalue weighted by atomic mass is 19.1. The molecule has 1 aromatic carbocycles. The molecule has 2 unspecified atom stereocenters. The Morgan fingerprint density at radius 1 is 1.29 bits per heavy atom. The highest BCUT2D eigenvalue weighted by Crippen LogP contribution is 2.43. The van der Waals surface area contributed by atoms with E-state index in [0.29, 0.717) is 31.3 Å². The molecule has 1 aliphatic carbocycles. The molecule has 31 heavy (non-hydrogen) atoms. The first-order valence-corrected chi connectivity index (χ1v) is 11.4. The molecule has 9 heteroatoms. The molecule has 0 spiro atoms. The van der Waals surface area contributed by atoms with Gasteiger partial charge < -0.3 is 14.6 Å². The lowest BCUT2D eigenvalue weighted by Gasteiger charge is -2.40. The van der Waals surface area contributed by atoms with Gasteiger partial charge in [-0.05, 0) is 55.7 Å². The summed E-state index contributed by atoms with van der Waals surface area (Å²) in [5.41, 5.74) is 8.60. The van der Waals surface area contributed by atoms with Crippen LogP contribution in [-0.2, 0) is 20.9 Å². The molecule has 6 rings (SSSR count). The van der Waals surface area contributed by atoms with Gasteiger partial charge in [-0.15, -0.1) is 0 Å². The Hall–Kier alpha value is -1.78. The van der Waals surface area contributed by atoms with Gasteiger partial charge in [0, 0.05) is 19.1 Å². The summed E-state index contributed by atoms with van der Waals surface area (Å²) in [6.45, 7) is 4.96. The van der Waals surface area contributed by atoms with Crippen LogP contribution < -0.4 is 21.2 Å². The summed E-state index contributed by atoms with van der Waals surface area (Å²) in [5, 5.41) is 5.79. The molecule has 0 aromatic heterocycles. The second-order valence-corrected chi connectivity index (χ2v) is 9.64. The fourth-order valence-corrected chi connectivity index (χ4v) is 5.23. The molecule has 0 bridgehead atoms. The maximum absolute atomic E-state index is 14.2. The summed E-state index contributed by atoms with van der Waals surface area (Å²) in [7, 11) is 0. The topological polar surface area (TPSA) is 78.1 Å². The first kappa shape index (κ1) is 19.9. The van der Waals surface area contributed by atoms with Crippen molar-refractivity contribution in [2.45, 2.75) is 69.3 Å². The number of hydrazine groups is 1. The van der Waals surface area contributed by atoms with Crippen LogP contribution in [0.3, 0.4) is 0 Å². The summed E-state index contributed by atoms with van der Waals surface area (Å²) >= 11 is 0. The quantitative estimate of drug-likeness (QED) is 0.667. The predicted octanol–water partition coefficient (Wildman–Crippen LogP) is 1.49. The molecule has 4 fully saturated rings. The zero-order valence-corrected chi connectivity index (χ0v) is 17.8. The van der Waals surface area contributed by atoms with E-state index in [2.05, 4.69) is 39.4 Å². The average molecular weight is 432 g/mol. The second-order valence-electron chi connectivity index (χ2n) is 9.64. The minimum absolute atomic E-state index is 0.00692. The number of nitrogens with zero attached hydrogens (tertiary/aromatic N) is 2. The number of halogens is 1. The van der Waals surface area contributed by atoms with Crippen molar-refractivity contribution in [3.63, 3.8) is 0 Å². The number of carbonyl (C=O) groups is 1. The predicted molar refractivity (Wildman–Crippen MR) is 111 cm³/mol. The van der Waals surface area contributed by atoms with Gasteiger partial charge >= 0.3 is 0 Å². The van der Waals surface area contributed by atoms with E-state index in [9.17, 15) is 9.18 Å². The zero-order chi connectivity index (χ0) is 21.2. The number of piperidine rings is 1. The number of ether oxygens (including phenoxy) is 1. The monoisotopic (exact) mass is 431 g/mol. The van der Waals surface area contributed by atoms with Gasteiger partial charge in [-0.2, -0.15) is 5.48 Å². The lowest BCUT2D eigenvalue weighted by atomic mass is 9.88. The Balaban J connectivity index is 1.10. The van der Waals surface area contributed by atoms with Crippen molar-refractivity contribution in [1.29, 1.82) is 0 Å². The van der Waals surface area contributed by atoms with Gasteiger partial charge in [0.2, 0.25) is 0 Å². The number of hydroxylamine groups is 1. The van der Waals surface area contributed by atoms with Crippen LogP contribution in [0.15, 0.2) is 18.2 Å². The van der Waals surface area contributed by atoms with Gasteiger partial charge in [-0.1, -0.05) is 12.1 Å². The van der Waals surface area contributed by atoms with Crippen molar-refractivity contribution in [1.82, 2.24) is 21.1 Å². The van der Waals surface area contributed by atoms with Crippen molar-refractivity contribution in [2.75, 3.05) is 24.8 Å². The Morgan fingerprint density at radius 3 is 2.84 bits per heavy atom. The molecule has 168 valence electrons. The van der Waals surface area contributed by atoms with E-state index in [4.69, 9.17) is 9.57 Å². The molecule has 1 saturated carbocycles. The van der Waals surface area contributed by atoms with Crippen molar-refractivity contribution in [2.24, 2.45) is 5.92 Å². The van der Waals surface area contributed by atoms with Gasteiger partial charge in [-0.25, -0.2) is 9.82 Å². The molecule has 1 aromatic rings. The van der Waals surface area contributed by atoms with E-state index in [1.165, 1.54) is 11.3 Å². The molecule has 4 heterocycles. The number of nitrogens with one attached hydrogen (secondary N) is 3. The fraction of sp³-hybridized carbons (Fsp3) is 0.682. The van der Waals surface area contributed by atoms with Crippen LogP contribution in [0.4, 0.5) is 10.1 Å². The standard InChI is InChI=1S/C22H30FN5O3/c1-13-8-14(4-7-27(13)21(29)22(23)5-6-22)19-25-20(31-26-19)15-2-3-16-10-24-28(18(16)9-15)17-11-30-12-17/h2-3,9,13-14,17,19-20,24-26H,4-8,10-12H2,1H3/t13-,14+,19?,20?/m1/s1. The van der Waals surface area contributed by atoms with Gasteiger partial charge in [0.1, 0.15) is 0 Å².